The molecule has 256 valence electrons. The first kappa shape index (κ1) is 29.9. The van der Waals surface area contributed by atoms with Crippen LogP contribution in [0.5, 0.6) is 0 Å². The van der Waals surface area contributed by atoms with Gasteiger partial charge in [-0.05, 0) is 70.4 Å². The minimum Gasteiger partial charge on any atom is -0.456 e. The fourth-order valence-electron chi connectivity index (χ4n) is 8.27. The lowest BCUT2D eigenvalue weighted by atomic mass is 9.98. The number of fused-ring (bicyclic) bond motifs is 10. The van der Waals surface area contributed by atoms with E-state index in [9.17, 15) is 0 Å². The molecule has 0 bridgehead atoms. The molecule has 12 aromatic rings. The molecule has 0 aliphatic carbocycles. The van der Waals surface area contributed by atoms with Crippen LogP contribution in [-0.4, -0.2) is 24.5 Å². The molecular weight excluding hydrogens is 679 g/mol. The molecule has 7 aromatic carbocycles. The van der Waals surface area contributed by atoms with Gasteiger partial charge in [0.25, 0.3) is 0 Å². The van der Waals surface area contributed by atoms with Crippen LogP contribution in [-0.2, 0) is 0 Å². The number of furan rings is 2. The highest BCUT2D eigenvalue weighted by Crippen LogP contribution is 2.41. The molecule has 0 atom stereocenters. The van der Waals surface area contributed by atoms with E-state index in [0.717, 1.165) is 98.7 Å². The van der Waals surface area contributed by atoms with E-state index in [1.165, 1.54) is 0 Å². The molecule has 0 N–H and O–H groups in total. The Kier molecular flexibility index (Phi) is 6.21. The summed E-state index contributed by atoms with van der Waals surface area (Å²) in [4.78, 5) is 20.2. The van der Waals surface area contributed by atoms with E-state index in [1.807, 2.05) is 42.6 Å². The summed E-state index contributed by atoms with van der Waals surface area (Å²) in [5.74, 6) is 1.65. The first-order valence-electron chi connectivity index (χ1n) is 18.2. The second-order valence-corrected chi connectivity index (χ2v) is 13.9. The van der Waals surface area contributed by atoms with Gasteiger partial charge in [0.05, 0.1) is 11.0 Å². The SMILES string of the molecule is c1ccc2cc(-c3nc(-c4cccc5oc6ccncc6c45)nc(-n4c5ccccc5c5c(-c6ccc7oc8ccccc8c7c6)cccc54)n3)ccc2c1. The minimum atomic E-state index is 0.524. The van der Waals surface area contributed by atoms with Gasteiger partial charge in [-0.15, -0.1) is 0 Å². The van der Waals surface area contributed by atoms with Gasteiger partial charge in [-0.1, -0.05) is 103 Å². The molecule has 55 heavy (non-hydrogen) atoms. The summed E-state index contributed by atoms with van der Waals surface area (Å²) in [6, 6.07) is 52.2. The second-order valence-electron chi connectivity index (χ2n) is 13.9. The molecule has 0 aliphatic rings. The average Bonchev–Trinajstić information content (AvgIpc) is 3.93. The van der Waals surface area contributed by atoms with Crippen molar-refractivity contribution in [3.05, 3.63) is 164 Å². The van der Waals surface area contributed by atoms with Crippen molar-refractivity contribution in [1.82, 2.24) is 24.5 Å². The molecule has 12 rings (SSSR count). The highest BCUT2D eigenvalue weighted by molar-refractivity contribution is 6.17. The van der Waals surface area contributed by atoms with E-state index in [4.69, 9.17) is 23.8 Å². The highest BCUT2D eigenvalue weighted by atomic mass is 16.3. The van der Waals surface area contributed by atoms with E-state index in [2.05, 4.69) is 125 Å². The van der Waals surface area contributed by atoms with Crippen molar-refractivity contribution in [1.29, 1.82) is 0 Å². The Balaban J connectivity index is 1.14. The lowest BCUT2D eigenvalue weighted by molar-refractivity contribution is 0.668. The Morgan fingerprint density at radius 1 is 0.418 bits per heavy atom. The van der Waals surface area contributed by atoms with Crippen LogP contribution < -0.4 is 0 Å². The predicted octanol–water partition coefficient (Wildman–Crippen LogP) is 12.3. The third-order valence-electron chi connectivity index (χ3n) is 10.8. The van der Waals surface area contributed by atoms with Crippen molar-refractivity contribution in [2.45, 2.75) is 0 Å². The smallest absolute Gasteiger partial charge is 0.238 e. The first-order valence-corrected chi connectivity index (χ1v) is 18.2. The van der Waals surface area contributed by atoms with Gasteiger partial charge in [0.2, 0.25) is 5.95 Å². The molecule has 7 heteroatoms. The van der Waals surface area contributed by atoms with Crippen molar-refractivity contribution < 1.29 is 8.83 Å². The van der Waals surface area contributed by atoms with Gasteiger partial charge in [0.15, 0.2) is 11.6 Å². The summed E-state index contributed by atoms with van der Waals surface area (Å²) in [7, 11) is 0. The van der Waals surface area contributed by atoms with Crippen LogP contribution in [0.25, 0.3) is 116 Å². The maximum atomic E-state index is 6.27. The van der Waals surface area contributed by atoms with E-state index in [0.29, 0.717) is 17.6 Å². The summed E-state index contributed by atoms with van der Waals surface area (Å²) >= 11 is 0. The number of aromatic nitrogens is 5. The molecule has 7 nitrogen and oxygen atoms in total. The third-order valence-corrected chi connectivity index (χ3v) is 10.8. The maximum absolute atomic E-state index is 6.27. The topological polar surface area (TPSA) is 82.8 Å². The van der Waals surface area contributed by atoms with Gasteiger partial charge < -0.3 is 8.83 Å². The Bertz CT molecular complexity index is 3520. The van der Waals surface area contributed by atoms with Gasteiger partial charge >= 0.3 is 0 Å². The summed E-state index contributed by atoms with van der Waals surface area (Å²) in [6.07, 6.45) is 3.59. The Morgan fingerprint density at radius 3 is 2.09 bits per heavy atom. The van der Waals surface area contributed by atoms with Crippen molar-refractivity contribution >= 4 is 76.5 Å². The van der Waals surface area contributed by atoms with E-state index >= 15 is 0 Å². The van der Waals surface area contributed by atoms with Crippen LogP contribution in [0.2, 0.25) is 0 Å². The zero-order valence-corrected chi connectivity index (χ0v) is 29.1. The quantitative estimate of drug-likeness (QED) is 0.181. The fourth-order valence-corrected chi connectivity index (χ4v) is 8.27. The Labute approximate surface area is 312 Å². The summed E-state index contributed by atoms with van der Waals surface area (Å²) in [5.41, 5.74) is 9.22. The normalized spacial score (nSPS) is 12.0. The molecule has 0 radical (unpaired) electrons. The van der Waals surface area contributed by atoms with Crippen LogP contribution in [0, 0.1) is 0 Å². The second kappa shape index (κ2) is 11.4. The monoisotopic (exact) mass is 705 g/mol. The number of nitrogens with zero attached hydrogens (tertiary/aromatic N) is 5. The molecular formula is C48H27N5O2. The highest BCUT2D eigenvalue weighted by Gasteiger charge is 2.22. The molecule has 5 heterocycles. The Hall–Kier alpha value is -7.64. The van der Waals surface area contributed by atoms with Crippen LogP contribution >= 0.6 is 0 Å². The van der Waals surface area contributed by atoms with Crippen molar-refractivity contribution in [2.75, 3.05) is 0 Å². The van der Waals surface area contributed by atoms with Gasteiger partial charge in [0, 0.05) is 55.8 Å². The molecule has 0 saturated heterocycles. The van der Waals surface area contributed by atoms with Crippen LogP contribution in [0.15, 0.2) is 173 Å². The number of para-hydroxylation sites is 2. The number of hydrogen-bond donors (Lipinski definition) is 0. The van der Waals surface area contributed by atoms with Crippen molar-refractivity contribution in [3.63, 3.8) is 0 Å². The molecule has 0 spiro atoms. The van der Waals surface area contributed by atoms with Crippen molar-refractivity contribution in [2.24, 2.45) is 0 Å². The lowest BCUT2D eigenvalue weighted by Crippen LogP contribution is -2.06. The minimum absolute atomic E-state index is 0.524. The van der Waals surface area contributed by atoms with E-state index in [1.54, 1.807) is 6.20 Å². The molecule has 0 amide bonds. The van der Waals surface area contributed by atoms with E-state index in [-0.39, 0.29) is 0 Å². The molecule has 0 unspecified atom stereocenters. The van der Waals surface area contributed by atoms with E-state index < -0.39 is 0 Å². The lowest BCUT2D eigenvalue weighted by Gasteiger charge is -2.12. The first-order chi connectivity index (χ1) is 27.2. The largest absolute Gasteiger partial charge is 0.456 e. The summed E-state index contributed by atoms with van der Waals surface area (Å²) in [6.45, 7) is 0. The number of hydrogen-bond acceptors (Lipinski definition) is 6. The maximum Gasteiger partial charge on any atom is 0.238 e. The average molecular weight is 706 g/mol. The van der Waals surface area contributed by atoms with Crippen molar-refractivity contribution in [3.8, 4) is 39.9 Å². The van der Waals surface area contributed by atoms with Crippen LogP contribution in [0.3, 0.4) is 0 Å². The number of benzene rings is 7. The molecule has 0 fully saturated rings. The predicted molar refractivity (Wildman–Crippen MR) is 220 cm³/mol. The zero-order chi connectivity index (χ0) is 36.0. The van der Waals surface area contributed by atoms with Gasteiger partial charge in [-0.2, -0.15) is 9.97 Å². The molecule has 0 aliphatic heterocycles. The summed E-state index contributed by atoms with van der Waals surface area (Å²) < 4.78 is 14.6. The van der Waals surface area contributed by atoms with Gasteiger partial charge in [-0.25, -0.2) is 4.98 Å². The standard InChI is InChI=1S/C48H27N5O2/c1-2-10-29-25-31(20-19-28(29)9-1)46-50-47(35-14-8-18-43-45(35)37-27-49-24-23-42(37)55-43)52-48(51-46)53-38-15-5-3-12-34(38)44-32(13-7-16-39(44)53)30-21-22-41-36(26-30)33-11-4-6-17-40(33)54-41/h1-27H. The van der Waals surface area contributed by atoms with Gasteiger partial charge in [-0.3, -0.25) is 9.55 Å². The van der Waals surface area contributed by atoms with Crippen LogP contribution in [0.1, 0.15) is 0 Å². The molecule has 0 saturated carbocycles. The third kappa shape index (κ3) is 4.50. The number of rotatable bonds is 4. The summed E-state index contributed by atoms with van der Waals surface area (Å²) in [5, 5.41) is 8.50. The fraction of sp³-hybridized carbons (Fsp3) is 0. The van der Waals surface area contributed by atoms with Crippen LogP contribution in [0.4, 0.5) is 0 Å². The van der Waals surface area contributed by atoms with Gasteiger partial charge in [0.1, 0.15) is 22.3 Å². The number of pyridine rings is 1. The zero-order valence-electron chi connectivity index (χ0n) is 29.1. The Morgan fingerprint density at radius 2 is 1.13 bits per heavy atom. The molecule has 5 aromatic heterocycles.